The molecule has 3 saturated carbocycles. The van der Waals surface area contributed by atoms with Gasteiger partial charge in [-0.2, -0.15) is 0 Å². The molecule has 5 aliphatic rings. The third-order valence-corrected chi connectivity index (χ3v) is 12.2. The van der Waals surface area contributed by atoms with Crippen molar-refractivity contribution in [3.63, 3.8) is 0 Å². The zero-order chi connectivity index (χ0) is 40.5. The quantitative estimate of drug-likeness (QED) is 0.187. The standard InChI is InChI=1S/C42H57BN6O8/c1-4-5-8-26-10-12-27(13-11-26)28-14-16-29(17-15-28)39(53)45-23-36(51)49-33-18-19-35(50)44-20-7-6-9-32(48-37(52)24-46-40(33)54)41(55)47-25-43-56-34-22-30-21-31(38(34)57-43)42(30,2)3/h10-17,30-34,38H,4-9,18-25H2,1-3H3,(H,44,50)(H,45,53)(H,46,54)(H,47,55)(H,48,52)(H,49,51). The number of hydrogen-bond donors (Lipinski definition) is 6. The Bertz CT molecular complexity index is 1770. The predicted molar refractivity (Wildman–Crippen MR) is 214 cm³/mol. The molecular weight excluding hydrogens is 727 g/mol. The van der Waals surface area contributed by atoms with Crippen LogP contribution in [0.15, 0.2) is 48.5 Å². The Labute approximate surface area is 335 Å². The predicted octanol–water partition coefficient (Wildman–Crippen LogP) is 2.59. The van der Waals surface area contributed by atoms with E-state index in [4.69, 9.17) is 9.31 Å². The normalized spacial score (nSPS) is 26.2. The molecule has 6 N–H and O–H groups in total. The van der Waals surface area contributed by atoms with Crippen LogP contribution in [0.2, 0.25) is 0 Å². The Morgan fingerprint density at radius 2 is 1.61 bits per heavy atom. The highest BCUT2D eigenvalue weighted by atomic mass is 16.7. The highest BCUT2D eigenvalue weighted by Crippen LogP contribution is 2.61. The Morgan fingerprint density at radius 1 is 0.877 bits per heavy atom. The van der Waals surface area contributed by atoms with Crippen molar-refractivity contribution < 1.29 is 38.1 Å². The molecule has 306 valence electrons. The lowest BCUT2D eigenvalue weighted by molar-refractivity contribution is -0.150. The van der Waals surface area contributed by atoms with Gasteiger partial charge < -0.3 is 41.2 Å². The summed E-state index contributed by atoms with van der Waals surface area (Å²) in [5.74, 6) is -2.01. The average molecular weight is 785 g/mol. The number of benzene rings is 2. The summed E-state index contributed by atoms with van der Waals surface area (Å²) in [4.78, 5) is 78.0. The molecule has 2 saturated heterocycles. The molecule has 15 heteroatoms. The summed E-state index contributed by atoms with van der Waals surface area (Å²) in [6.07, 6.45) is 6.94. The Morgan fingerprint density at radius 3 is 2.33 bits per heavy atom. The minimum absolute atomic E-state index is 0.0174. The van der Waals surface area contributed by atoms with Gasteiger partial charge >= 0.3 is 7.12 Å². The van der Waals surface area contributed by atoms with Crippen LogP contribution in [0.3, 0.4) is 0 Å². The first-order chi connectivity index (χ1) is 27.4. The van der Waals surface area contributed by atoms with Gasteiger partial charge in [0.25, 0.3) is 5.91 Å². The molecule has 0 radical (unpaired) electrons. The molecule has 6 unspecified atom stereocenters. The molecule has 14 nitrogen and oxygen atoms in total. The molecule has 2 heterocycles. The van der Waals surface area contributed by atoms with Crippen molar-refractivity contribution >= 4 is 42.6 Å². The summed E-state index contributed by atoms with van der Waals surface area (Å²) in [6, 6.07) is 13.4. The van der Waals surface area contributed by atoms with Gasteiger partial charge in [-0.25, -0.2) is 0 Å². The number of hydrogen-bond acceptors (Lipinski definition) is 8. The van der Waals surface area contributed by atoms with Crippen molar-refractivity contribution in [1.82, 2.24) is 31.9 Å². The number of carbonyl (C=O) groups excluding carboxylic acids is 6. The van der Waals surface area contributed by atoms with E-state index in [-0.39, 0.29) is 42.8 Å². The fourth-order valence-electron chi connectivity index (χ4n) is 8.51. The van der Waals surface area contributed by atoms with Gasteiger partial charge in [0.15, 0.2) is 0 Å². The third kappa shape index (κ3) is 10.8. The molecule has 7 rings (SSSR count). The maximum atomic E-state index is 13.3. The topological polar surface area (TPSA) is 193 Å². The molecule has 2 bridgehead atoms. The van der Waals surface area contributed by atoms with Gasteiger partial charge in [0.2, 0.25) is 29.5 Å². The number of rotatable bonds is 11. The molecule has 57 heavy (non-hydrogen) atoms. The molecule has 6 atom stereocenters. The van der Waals surface area contributed by atoms with Gasteiger partial charge in [-0.1, -0.05) is 63.6 Å². The monoisotopic (exact) mass is 784 g/mol. The second-order valence-corrected chi connectivity index (χ2v) is 16.4. The van der Waals surface area contributed by atoms with Crippen LogP contribution in [-0.4, -0.2) is 92.9 Å². The second-order valence-electron chi connectivity index (χ2n) is 16.4. The largest absolute Gasteiger partial charge is 0.478 e. The maximum absolute atomic E-state index is 13.3. The van der Waals surface area contributed by atoms with Crippen molar-refractivity contribution in [2.45, 2.75) is 109 Å². The summed E-state index contributed by atoms with van der Waals surface area (Å²) >= 11 is 0. The molecule has 0 aromatic heterocycles. The van der Waals surface area contributed by atoms with Gasteiger partial charge in [0.1, 0.15) is 12.1 Å². The van der Waals surface area contributed by atoms with Crippen LogP contribution in [0.5, 0.6) is 0 Å². The molecule has 2 aliphatic heterocycles. The SMILES string of the molecule is CCCCc1ccc(-c2ccc(C(=O)NCC(=O)NC3CCC(=O)NCCCCC(C(=O)NCB4OC5CC6CC(C5O4)C6(C)C)NC(=O)CNC3=O)cc2)cc1. The van der Waals surface area contributed by atoms with Crippen molar-refractivity contribution in [3.8, 4) is 11.1 Å². The molecule has 2 aromatic rings. The fourth-order valence-corrected chi connectivity index (χ4v) is 8.51. The molecule has 6 amide bonds. The van der Waals surface area contributed by atoms with E-state index >= 15 is 0 Å². The third-order valence-electron chi connectivity index (χ3n) is 12.2. The van der Waals surface area contributed by atoms with Crippen LogP contribution in [0, 0.1) is 17.3 Å². The van der Waals surface area contributed by atoms with Gasteiger partial charge in [0.05, 0.1) is 31.7 Å². The Balaban J connectivity index is 0.970. The summed E-state index contributed by atoms with van der Waals surface area (Å²) in [5, 5.41) is 16.1. The lowest BCUT2D eigenvalue weighted by atomic mass is 9.47. The van der Waals surface area contributed by atoms with Crippen molar-refractivity contribution in [3.05, 3.63) is 59.7 Å². The Kier molecular flexibility index (Phi) is 14.0. The van der Waals surface area contributed by atoms with E-state index in [2.05, 4.69) is 76.9 Å². The van der Waals surface area contributed by atoms with E-state index in [1.165, 1.54) is 5.56 Å². The van der Waals surface area contributed by atoms with E-state index < -0.39 is 61.8 Å². The Hall–Kier alpha value is -4.76. The number of amides is 6. The van der Waals surface area contributed by atoms with E-state index in [0.717, 1.165) is 43.2 Å². The number of carbonyl (C=O) groups is 6. The summed E-state index contributed by atoms with van der Waals surface area (Å²) < 4.78 is 12.4. The van der Waals surface area contributed by atoms with Gasteiger partial charge in [-0.15, -0.1) is 0 Å². The average Bonchev–Trinajstić information content (AvgIpc) is 3.64. The lowest BCUT2D eigenvalue weighted by Crippen LogP contribution is -2.59. The summed E-state index contributed by atoms with van der Waals surface area (Å²) in [5.41, 5.74) is 3.87. The molecule has 3 aliphatic carbocycles. The summed E-state index contributed by atoms with van der Waals surface area (Å²) in [7, 11) is -0.567. The van der Waals surface area contributed by atoms with Crippen LogP contribution >= 0.6 is 0 Å². The van der Waals surface area contributed by atoms with Crippen molar-refractivity contribution in [2.24, 2.45) is 17.3 Å². The van der Waals surface area contributed by atoms with E-state index in [1.54, 1.807) is 12.1 Å². The van der Waals surface area contributed by atoms with E-state index in [1.807, 2.05) is 12.1 Å². The smallest absolute Gasteiger partial charge is 0.405 e. The van der Waals surface area contributed by atoms with Crippen molar-refractivity contribution in [1.29, 1.82) is 0 Å². The second kappa shape index (κ2) is 19.1. The molecule has 5 fully saturated rings. The number of aryl methyl sites for hydroxylation is 1. The van der Waals surface area contributed by atoms with Crippen LogP contribution in [0.25, 0.3) is 11.1 Å². The van der Waals surface area contributed by atoms with Crippen LogP contribution < -0.4 is 31.9 Å². The van der Waals surface area contributed by atoms with Gasteiger partial charge in [-0.3, -0.25) is 28.8 Å². The minimum atomic E-state index is -1.16. The highest BCUT2D eigenvalue weighted by Gasteiger charge is 2.61. The van der Waals surface area contributed by atoms with Gasteiger partial charge in [-0.05, 0) is 97.4 Å². The maximum Gasteiger partial charge on any atom is 0.478 e. The van der Waals surface area contributed by atoms with Crippen LogP contribution in [0.1, 0.15) is 94.5 Å². The fraction of sp³-hybridized carbons (Fsp3) is 0.571. The lowest BCUT2D eigenvalue weighted by Gasteiger charge is -2.60. The molecule has 2 aromatic carbocycles. The number of nitrogens with one attached hydrogen (secondary N) is 6. The van der Waals surface area contributed by atoms with Crippen molar-refractivity contribution in [2.75, 3.05) is 26.1 Å². The summed E-state index contributed by atoms with van der Waals surface area (Å²) in [6.45, 7) is 6.20. The van der Waals surface area contributed by atoms with Gasteiger partial charge in [0, 0.05) is 18.5 Å². The zero-order valence-corrected chi connectivity index (χ0v) is 33.3. The first kappa shape index (κ1) is 41.9. The van der Waals surface area contributed by atoms with E-state index in [0.29, 0.717) is 43.2 Å². The zero-order valence-electron chi connectivity index (χ0n) is 33.3. The number of unbranched alkanes of at least 4 members (excludes halogenated alkanes) is 1. The highest BCUT2D eigenvalue weighted by molar-refractivity contribution is 6.45. The van der Waals surface area contributed by atoms with Crippen LogP contribution in [0.4, 0.5) is 0 Å². The molecular formula is C42H57BN6O8. The first-order valence-corrected chi connectivity index (χ1v) is 20.6. The van der Waals surface area contributed by atoms with Crippen LogP contribution in [-0.2, 0) is 39.7 Å². The molecule has 0 spiro atoms. The van der Waals surface area contributed by atoms with E-state index in [9.17, 15) is 28.8 Å². The minimum Gasteiger partial charge on any atom is -0.405 e. The first-order valence-electron chi connectivity index (χ1n) is 20.6.